The zero-order chi connectivity index (χ0) is 20.3. The molecule has 0 heterocycles. The highest BCUT2D eigenvalue weighted by Crippen LogP contribution is 2.04. The molecule has 0 aliphatic carbocycles. The van der Waals surface area contributed by atoms with Crippen molar-refractivity contribution in [3.63, 3.8) is 0 Å². The summed E-state index contributed by atoms with van der Waals surface area (Å²) in [5.74, 6) is -0.955. The van der Waals surface area contributed by atoms with E-state index in [9.17, 15) is 14.7 Å². The number of unbranched alkanes of at least 4 members (excludes halogenated alkanes) is 1. The first-order chi connectivity index (χ1) is 12.7. The van der Waals surface area contributed by atoms with E-state index >= 15 is 0 Å². The molecule has 1 amide bonds. The fourth-order valence-corrected chi connectivity index (χ4v) is 2.68. The summed E-state index contributed by atoms with van der Waals surface area (Å²) < 4.78 is 5.11. The molecule has 8 heteroatoms. The van der Waals surface area contributed by atoms with Gasteiger partial charge in [-0.2, -0.15) is 0 Å². The fourth-order valence-electron chi connectivity index (χ4n) is 2.23. The van der Waals surface area contributed by atoms with Crippen molar-refractivity contribution in [1.82, 2.24) is 16.0 Å². The van der Waals surface area contributed by atoms with Gasteiger partial charge >= 0.3 is 12.1 Å². The number of amides is 1. The van der Waals surface area contributed by atoms with E-state index in [2.05, 4.69) is 16.0 Å². The number of alkyl carbamates (subject to hydrolysis) is 1. The van der Waals surface area contributed by atoms with Gasteiger partial charge in [-0.15, -0.1) is 0 Å². The number of aliphatic carboxylic acids is 1. The van der Waals surface area contributed by atoms with E-state index in [-0.39, 0.29) is 12.1 Å². The van der Waals surface area contributed by atoms with Crippen molar-refractivity contribution in [2.45, 2.75) is 58.2 Å². The molecule has 0 aromatic heterocycles. The second kappa shape index (κ2) is 11.4. The molecule has 1 atom stereocenters. The zero-order valence-corrected chi connectivity index (χ0v) is 16.9. The van der Waals surface area contributed by atoms with Crippen LogP contribution in [-0.4, -0.2) is 40.4 Å². The summed E-state index contributed by atoms with van der Waals surface area (Å²) in [5.41, 5.74) is 0.680. The number of carbonyl (C=O) groups is 2. The summed E-state index contributed by atoms with van der Waals surface area (Å²) in [7, 11) is 0. The molecule has 0 unspecified atom stereocenters. The lowest BCUT2D eigenvalue weighted by atomic mass is 10.1. The van der Waals surface area contributed by atoms with Crippen molar-refractivity contribution in [3.8, 4) is 0 Å². The first-order valence-electron chi connectivity index (χ1n) is 8.93. The molecule has 1 rings (SSSR count). The molecular formula is C19H29N3O4S. The van der Waals surface area contributed by atoms with E-state index in [0.29, 0.717) is 30.9 Å². The lowest BCUT2D eigenvalue weighted by Crippen LogP contribution is -2.51. The van der Waals surface area contributed by atoms with E-state index in [0.717, 1.165) is 5.56 Å². The Morgan fingerprint density at radius 3 is 2.44 bits per heavy atom. The van der Waals surface area contributed by atoms with Gasteiger partial charge in [0.25, 0.3) is 0 Å². The van der Waals surface area contributed by atoms with Gasteiger partial charge in [0.2, 0.25) is 0 Å². The number of carbonyl (C=O) groups excluding carboxylic acids is 1. The Morgan fingerprint density at radius 2 is 1.85 bits per heavy atom. The first kappa shape index (κ1) is 22.7. The number of carboxylic acid groups (broad SMARTS) is 1. The van der Waals surface area contributed by atoms with E-state index < -0.39 is 18.1 Å². The highest BCUT2D eigenvalue weighted by atomic mass is 32.1. The molecule has 7 nitrogen and oxygen atoms in total. The van der Waals surface area contributed by atoms with Gasteiger partial charge in [-0.1, -0.05) is 30.3 Å². The standard InChI is InChI=1S/C19H29N3O4S/c1-19(2,3)22-17(27)21-15(16(23)24)11-7-8-12-20-18(25)26-13-14-9-5-4-6-10-14/h4-6,9-10,15H,7-8,11-13H2,1-3H3,(H,20,25)(H,23,24)(H2,21,22,27)/t15-/m0/s1. The topological polar surface area (TPSA) is 99.7 Å². The third kappa shape index (κ3) is 11.1. The average molecular weight is 396 g/mol. The highest BCUT2D eigenvalue weighted by molar-refractivity contribution is 7.80. The van der Waals surface area contributed by atoms with Gasteiger partial charge in [-0.05, 0) is 57.8 Å². The number of thiocarbonyl (C=S) groups is 1. The predicted molar refractivity (Wildman–Crippen MR) is 109 cm³/mol. The fraction of sp³-hybridized carbons (Fsp3) is 0.526. The number of hydrogen-bond donors (Lipinski definition) is 4. The summed E-state index contributed by atoms with van der Waals surface area (Å²) in [6, 6.07) is 8.65. The van der Waals surface area contributed by atoms with E-state index in [1.807, 2.05) is 51.1 Å². The van der Waals surface area contributed by atoms with Crippen molar-refractivity contribution < 1.29 is 19.4 Å². The molecule has 0 spiro atoms. The molecule has 0 aliphatic rings. The molecule has 4 N–H and O–H groups in total. The van der Waals surface area contributed by atoms with Crippen LogP contribution in [0.3, 0.4) is 0 Å². The molecule has 0 saturated carbocycles. The number of nitrogens with one attached hydrogen (secondary N) is 3. The van der Waals surface area contributed by atoms with Crippen LogP contribution in [0.2, 0.25) is 0 Å². The smallest absolute Gasteiger partial charge is 0.407 e. The maximum absolute atomic E-state index is 11.6. The third-order valence-electron chi connectivity index (χ3n) is 3.49. The monoisotopic (exact) mass is 395 g/mol. The molecule has 1 aromatic rings. The van der Waals surface area contributed by atoms with Crippen LogP contribution in [0.1, 0.15) is 45.6 Å². The molecule has 150 valence electrons. The van der Waals surface area contributed by atoms with Crippen molar-refractivity contribution in [1.29, 1.82) is 0 Å². The predicted octanol–water partition coefficient (Wildman–Crippen LogP) is 2.80. The van der Waals surface area contributed by atoms with Crippen LogP contribution in [0.5, 0.6) is 0 Å². The van der Waals surface area contributed by atoms with Crippen molar-refractivity contribution in [2.75, 3.05) is 6.54 Å². The Balaban J connectivity index is 2.21. The number of benzene rings is 1. The molecule has 0 aliphatic heterocycles. The van der Waals surface area contributed by atoms with Crippen LogP contribution in [0, 0.1) is 0 Å². The Hall–Kier alpha value is -2.35. The largest absolute Gasteiger partial charge is 0.480 e. The minimum atomic E-state index is -0.955. The van der Waals surface area contributed by atoms with E-state index in [4.69, 9.17) is 17.0 Å². The number of hydrogen-bond acceptors (Lipinski definition) is 4. The van der Waals surface area contributed by atoms with Crippen molar-refractivity contribution in [3.05, 3.63) is 35.9 Å². The van der Waals surface area contributed by atoms with Gasteiger partial charge in [-0.3, -0.25) is 0 Å². The normalized spacial score (nSPS) is 12.0. The lowest BCUT2D eigenvalue weighted by Gasteiger charge is -2.25. The summed E-state index contributed by atoms with van der Waals surface area (Å²) in [4.78, 5) is 23.0. The van der Waals surface area contributed by atoms with Gasteiger partial charge in [0.15, 0.2) is 5.11 Å². The summed E-state index contributed by atoms with van der Waals surface area (Å²) in [6.07, 6.45) is 1.19. The second-order valence-electron chi connectivity index (χ2n) is 7.22. The number of ether oxygens (including phenoxy) is 1. The minimum absolute atomic E-state index is 0.218. The molecule has 0 fully saturated rings. The second-order valence-corrected chi connectivity index (χ2v) is 7.63. The van der Waals surface area contributed by atoms with Gasteiger partial charge in [0.05, 0.1) is 0 Å². The molecule has 0 saturated heterocycles. The van der Waals surface area contributed by atoms with Crippen LogP contribution in [0.15, 0.2) is 30.3 Å². The zero-order valence-electron chi connectivity index (χ0n) is 16.1. The first-order valence-corrected chi connectivity index (χ1v) is 9.34. The Kier molecular flexibility index (Phi) is 9.56. The number of rotatable bonds is 9. The maximum atomic E-state index is 11.6. The maximum Gasteiger partial charge on any atom is 0.407 e. The molecule has 0 bridgehead atoms. The molecular weight excluding hydrogens is 366 g/mol. The molecule has 0 radical (unpaired) electrons. The van der Waals surface area contributed by atoms with Gasteiger partial charge in [0, 0.05) is 12.1 Å². The lowest BCUT2D eigenvalue weighted by molar-refractivity contribution is -0.139. The average Bonchev–Trinajstić information content (AvgIpc) is 2.57. The number of carboxylic acids is 1. The van der Waals surface area contributed by atoms with Crippen LogP contribution in [0.4, 0.5) is 4.79 Å². The highest BCUT2D eigenvalue weighted by Gasteiger charge is 2.20. The summed E-state index contributed by atoms with van der Waals surface area (Å²) >= 11 is 5.14. The summed E-state index contributed by atoms with van der Waals surface area (Å²) in [5, 5.41) is 18.1. The molecule has 27 heavy (non-hydrogen) atoms. The van der Waals surface area contributed by atoms with Crippen molar-refractivity contribution in [2.24, 2.45) is 0 Å². The van der Waals surface area contributed by atoms with Gasteiger partial charge in [0.1, 0.15) is 12.6 Å². The Labute approximate surface area is 165 Å². The Bertz CT molecular complexity index is 617. The van der Waals surface area contributed by atoms with Crippen LogP contribution in [0.25, 0.3) is 0 Å². The van der Waals surface area contributed by atoms with Gasteiger partial charge < -0.3 is 25.8 Å². The van der Waals surface area contributed by atoms with Crippen LogP contribution < -0.4 is 16.0 Å². The van der Waals surface area contributed by atoms with E-state index in [1.54, 1.807) is 0 Å². The van der Waals surface area contributed by atoms with Gasteiger partial charge in [-0.25, -0.2) is 9.59 Å². The van der Waals surface area contributed by atoms with Crippen LogP contribution >= 0.6 is 12.2 Å². The SMILES string of the molecule is CC(C)(C)NC(=S)N[C@@H](CCCCNC(=O)OCc1ccccc1)C(=O)O. The minimum Gasteiger partial charge on any atom is -0.480 e. The van der Waals surface area contributed by atoms with Crippen LogP contribution in [-0.2, 0) is 16.1 Å². The quantitative estimate of drug-likeness (QED) is 0.377. The van der Waals surface area contributed by atoms with Crippen molar-refractivity contribution >= 4 is 29.4 Å². The summed E-state index contributed by atoms with van der Waals surface area (Å²) in [6.45, 7) is 6.47. The third-order valence-corrected chi connectivity index (χ3v) is 3.71. The Morgan fingerprint density at radius 1 is 1.19 bits per heavy atom. The molecule has 1 aromatic carbocycles. The van der Waals surface area contributed by atoms with E-state index in [1.165, 1.54) is 0 Å².